The van der Waals surface area contributed by atoms with E-state index in [9.17, 15) is 9.59 Å². The van der Waals surface area contributed by atoms with Gasteiger partial charge < -0.3 is 9.64 Å². The molecule has 0 aliphatic carbocycles. The molecule has 0 N–H and O–H groups in total. The zero-order valence-electron chi connectivity index (χ0n) is 14.0. The summed E-state index contributed by atoms with van der Waals surface area (Å²) in [6.45, 7) is 13.4. The Balaban J connectivity index is 4.45. The van der Waals surface area contributed by atoms with Crippen molar-refractivity contribution in [1.29, 1.82) is 0 Å². The highest BCUT2D eigenvalue weighted by Gasteiger charge is 2.22. The third kappa shape index (κ3) is 8.94. The molecule has 0 bridgehead atoms. The fraction of sp³-hybridized carbons (Fsp3) is 0.875. The molecular weight excluding hydrogens is 254 g/mol. The molecule has 1 unspecified atom stereocenters. The Morgan fingerprint density at radius 3 is 2.25 bits per heavy atom. The summed E-state index contributed by atoms with van der Waals surface area (Å²) in [4.78, 5) is 25.4. The van der Waals surface area contributed by atoms with Crippen LogP contribution in [0.2, 0.25) is 0 Å². The topological polar surface area (TPSA) is 46.6 Å². The predicted octanol–water partition coefficient (Wildman–Crippen LogP) is 3.25. The molecule has 4 nitrogen and oxygen atoms in total. The number of amides is 1. The van der Waals surface area contributed by atoms with Crippen molar-refractivity contribution < 1.29 is 14.3 Å². The number of carbonyl (C=O) groups is 2. The van der Waals surface area contributed by atoms with Crippen molar-refractivity contribution in [2.24, 2.45) is 11.3 Å². The predicted molar refractivity (Wildman–Crippen MR) is 81.4 cm³/mol. The van der Waals surface area contributed by atoms with Crippen molar-refractivity contribution in [1.82, 2.24) is 4.90 Å². The van der Waals surface area contributed by atoms with Crippen LogP contribution in [0.25, 0.3) is 0 Å². The second-order valence-electron chi connectivity index (χ2n) is 6.69. The van der Waals surface area contributed by atoms with E-state index in [-0.39, 0.29) is 23.8 Å². The van der Waals surface area contributed by atoms with E-state index >= 15 is 0 Å². The maximum absolute atomic E-state index is 12.3. The molecule has 1 atom stereocenters. The lowest BCUT2D eigenvalue weighted by Gasteiger charge is -2.26. The molecule has 0 aromatic rings. The summed E-state index contributed by atoms with van der Waals surface area (Å²) in [5, 5.41) is 0. The highest BCUT2D eigenvalue weighted by molar-refractivity contribution is 5.82. The van der Waals surface area contributed by atoms with Gasteiger partial charge in [-0.1, -0.05) is 34.6 Å². The van der Waals surface area contributed by atoms with Gasteiger partial charge >= 0.3 is 5.97 Å². The molecule has 0 aromatic carbocycles. The van der Waals surface area contributed by atoms with Crippen LogP contribution in [0.4, 0.5) is 0 Å². The van der Waals surface area contributed by atoms with Crippen LogP contribution in [0.15, 0.2) is 0 Å². The van der Waals surface area contributed by atoms with E-state index in [1.807, 2.05) is 6.92 Å². The first-order valence-corrected chi connectivity index (χ1v) is 7.63. The summed E-state index contributed by atoms with van der Waals surface area (Å²) in [5.74, 6) is 0.0541. The smallest absolute Gasteiger partial charge is 0.325 e. The monoisotopic (exact) mass is 285 g/mol. The Bertz CT molecular complexity index is 307. The highest BCUT2D eigenvalue weighted by atomic mass is 16.5. The van der Waals surface area contributed by atoms with E-state index in [1.165, 1.54) is 0 Å². The van der Waals surface area contributed by atoms with Crippen molar-refractivity contribution in [2.75, 3.05) is 19.7 Å². The van der Waals surface area contributed by atoms with Crippen LogP contribution in [-0.2, 0) is 14.3 Å². The van der Waals surface area contributed by atoms with Gasteiger partial charge in [-0.25, -0.2) is 0 Å². The number of ether oxygens (including phenoxy) is 1. The van der Waals surface area contributed by atoms with Crippen molar-refractivity contribution >= 4 is 11.9 Å². The molecule has 0 radical (unpaired) electrons. The van der Waals surface area contributed by atoms with Crippen molar-refractivity contribution in [3.8, 4) is 0 Å². The van der Waals surface area contributed by atoms with Crippen LogP contribution >= 0.6 is 0 Å². The first-order chi connectivity index (χ1) is 9.19. The first kappa shape index (κ1) is 18.9. The minimum absolute atomic E-state index is 0.0525. The van der Waals surface area contributed by atoms with Crippen LogP contribution in [-0.4, -0.2) is 36.5 Å². The standard InChI is InChI=1S/C16H31NO3/c1-7-9-17(12-15(19)20-8-2)14(18)10-13(3)11-16(4,5)6/h13H,7-12H2,1-6H3. The van der Waals surface area contributed by atoms with Crippen LogP contribution in [0.3, 0.4) is 0 Å². The van der Waals surface area contributed by atoms with Crippen LogP contribution in [0, 0.1) is 11.3 Å². The fourth-order valence-corrected chi connectivity index (χ4v) is 2.47. The Kier molecular flexibility index (Phi) is 8.51. The van der Waals surface area contributed by atoms with E-state index in [0.717, 1.165) is 12.8 Å². The molecule has 4 heteroatoms. The van der Waals surface area contributed by atoms with Gasteiger partial charge in [0.2, 0.25) is 5.91 Å². The lowest BCUT2D eigenvalue weighted by atomic mass is 9.84. The maximum atomic E-state index is 12.3. The zero-order valence-corrected chi connectivity index (χ0v) is 14.0. The molecule has 0 aromatic heterocycles. The number of esters is 1. The van der Waals surface area contributed by atoms with Crippen LogP contribution < -0.4 is 0 Å². The van der Waals surface area contributed by atoms with E-state index in [2.05, 4.69) is 27.7 Å². The molecule has 0 saturated carbocycles. The van der Waals surface area contributed by atoms with Gasteiger partial charge in [-0.15, -0.1) is 0 Å². The molecule has 0 spiro atoms. The molecule has 1 amide bonds. The summed E-state index contributed by atoms with van der Waals surface area (Å²) >= 11 is 0. The van der Waals surface area contributed by atoms with Gasteiger partial charge in [-0.05, 0) is 31.1 Å². The average molecular weight is 285 g/mol. The molecule has 0 aliphatic heterocycles. The summed E-state index contributed by atoms with van der Waals surface area (Å²) in [6.07, 6.45) is 2.34. The lowest BCUT2D eigenvalue weighted by molar-refractivity contribution is -0.149. The van der Waals surface area contributed by atoms with Gasteiger partial charge in [0.05, 0.1) is 6.61 Å². The number of carbonyl (C=O) groups excluding carboxylic acids is 2. The Labute approximate surface area is 123 Å². The molecule has 0 rings (SSSR count). The lowest BCUT2D eigenvalue weighted by Crippen LogP contribution is -2.38. The van der Waals surface area contributed by atoms with E-state index < -0.39 is 0 Å². The summed E-state index contributed by atoms with van der Waals surface area (Å²) in [7, 11) is 0. The number of hydrogen-bond acceptors (Lipinski definition) is 3. The average Bonchev–Trinajstić information content (AvgIpc) is 2.25. The molecule has 0 saturated heterocycles. The summed E-state index contributed by atoms with van der Waals surface area (Å²) in [6, 6.07) is 0. The number of nitrogens with zero attached hydrogens (tertiary/aromatic N) is 1. The van der Waals surface area contributed by atoms with Crippen LogP contribution in [0.5, 0.6) is 0 Å². The molecule has 118 valence electrons. The van der Waals surface area contributed by atoms with Gasteiger partial charge in [0.15, 0.2) is 0 Å². The van der Waals surface area contributed by atoms with Gasteiger partial charge in [0.25, 0.3) is 0 Å². The Hall–Kier alpha value is -1.06. The second kappa shape index (κ2) is 8.98. The Morgan fingerprint density at radius 2 is 1.80 bits per heavy atom. The van der Waals surface area contributed by atoms with Crippen LogP contribution in [0.1, 0.15) is 60.8 Å². The highest BCUT2D eigenvalue weighted by Crippen LogP contribution is 2.26. The molecule has 0 fully saturated rings. The summed E-state index contributed by atoms with van der Waals surface area (Å²) in [5.41, 5.74) is 0.219. The summed E-state index contributed by atoms with van der Waals surface area (Å²) < 4.78 is 4.92. The van der Waals surface area contributed by atoms with Gasteiger partial charge in [0.1, 0.15) is 6.54 Å². The Morgan fingerprint density at radius 1 is 1.20 bits per heavy atom. The fourth-order valence-electron chi connectivity index (χ4n) is 2.47. The SMILES string of the molecule is CCCN(CC(=O)OCC)C(=O)CC(C)CC(C)(C)C. The normalized spacial score (nSPS) is 12.9. The second-order valence-corrected chi connectivity index (χ2v) is 6.69. The van der Waals surface area contributed by atoms with Crippen molar-refractivity contribution in [2.45, 2.75) is 60.8 Å². The molecule has 20 heavy (non-hydrogen) atoms. The maximum Gasteiger partial charge on any atom is 0.325 e. The molecular formula is C16H31NO3. The van der Waals surface area contributed by atoms with Gasteiger partial charge in [-0.2, -0.15) is 0 Å². The number of hydrogen-bond donors (Lipinski definition) is 0. The zero-order chi connectivity index (χ0) is 15.8. The van der Waals surface area contributed by atoms with E-state index in [0.29, 0.717) is 25.5 Å². The van der Waals surface area contributed by atoms with E-state index in [4.69, 9.17) is 4.74 Å². The van der Waals surface area contributed by atoms with Gasteiger partial charge in [0, 0.05) is 13.0 Å². The minimum atomic E-state index is -0.322. The van der Waals surface area contributed by atoms with E-state index in [1.54, 1.807) is 11.8 Å². The van der Waals surface area contributed by atoms with Crippen molar-refractivity contribution in [3.05, 3.63) is 0 Å². The molecule has 0 heterocycles. The quantitative estimate of drug-likeness (QED) is 0.643. The van der Waals surface area contributed by atoms with Crippen molar-refractivity contribution in [3.63, 3.8) is 0 Å². The first-order valence-electron chi connectivity index (χ1n) is 7.63. The third-order valence-electron chi connectivity index (χ3n) is 2.96. The molecule has 0 aliphatic rings. The minimum Gasteiger partial charge on any atom is -0.465 e. The largest absolute Gasteiger partial charge is 0.465 e. The third-order valence-corrected chi connectivity index (χ3v) is 2.96. The number of rotatable bonds is 8. The van der Waals surface area contributed by atoms with Gasteiger partial charge in [-0.3, -0.25) is 9.59 Å².